The van der Waals surface area contributed by atoms with Crippen molar-refractivity contribution in [1.29, 1.82) is 0 Å². The molecule has 3 rings (SSSR count). The lowest BCUT2D eigenvalue weighted by Gasteiger charge is -2.21. The summed E-state index contributed by atoms with van der Waals surface area (Å²) in [6.07, 6.45) is 8.12. The zero-order valence-electron chi connectivity index (χ0n) is 11.7. The van der Waals surface area contributed by atoms with Crippen LogP contribution in [0.3, 0.4) is 0 Å². The second-order valence-corrected chi connectivity index (χ2v) is 7.35. The van der Waals surface area contributed by atoms with E-state index in [0.717, 1.165) is 9.47 Å². The minimum Gasteiger partial charge on any atom is -0.359 e. The summed E-state index contributed by atoms with van der Waals surface area (Å²) in [6.45, 7) is 0. The standard InChI is InChI=1S/C14H18N4OS2/c19-12(11-7-4-8-15-11)9-20-14-18-17-13(21-14)16-10-5-2-1-3-6-10/h4,7-8,10,15H,1-3,5-6,9H2,(H,16,17). The molecule has 1 aliphatic carbocycles. The first-order valence-corrected chi connectivity index (χ1v) is 9.01. The fourth-order valence-corrected chi connectivity index (χ4v) is 4.17. The Labute approximate surface area is 131 Å². The molecule has 112 valence electrons. The van der Waals surface area contributed by atoms with Crippen LogP contribution in [0.5, 0.6) is 0 Å². The maximum absolute atomic E-state index is 11.9. The summed E-state index contributed by atoms with van der Waals surface area (Å²) in [5, 5.41) is 12.6. The molecule has 2 heterocycles. The van der Waals surface area contributed by atoms with Crippen molar-refractivity contribution in [2.24, 2.45) is 0 Å². The number of nitrogens with zero attached hydrogens (tertiary/aromatic N) is 2. The average Bonchev–Trinajstić information content (AvgIpc) is 3.17. The normalized spacial score (nSPS) is 16.0. The third kappa shape index (κ3) is 4.07. The molecule has 7 heteroatoms. The van der Waals surface area contributed by atoms with Gasteiger partial charge in [-0.15, -0.1) is 10.2 Å². The van der Waals surface area contributed by atoms with Crippen LogP contribution in [0, 0.1) is 0 Å². The number of hydrogen-bond acceptors (Lipinski definition) is 6. The molecule has 0 aliphatic heterocycles. The van der Waals surface area contributed by atoms with Gasteiger partial charge in [-0.1, -0.05) is 42.4 Å². The number of nitrogens with one attached hydrogen (secondary N) is 2. The van der Waals surface area contributed by atoms with Crippen molar-refractivity contribution >= 4 is 34.0 Å². The van der Waals surface area contributed by atoms with Crippen LogP contribution in [0.2, 0.25) is 0 Å². The lowest BCUT2D eigenvalue weighted by molar-refractivity contribution is 0.101. The van der Waals surface area contributed by atoms with Crippen LogP contribution >= 0.6 is 23.1 Å². The monoisotopic (exact) mass is 322 g/mol. The summed E-state index contributed by atoms with van der Waals surface area (Å²) in [5.41, 5.74) is 0.646. The Balaban J connectivity index is 1.49. The van der Waals surface area contributed by atoms with Gasteiger partial charge in [0.05, 0.1) is 11.4 Å². The molecule has 5 nitrogen and oxygen atoms in total. The van der Waals surface area contributed by atoms with Crippen molar-refractivity contribution in [2.45, 2.75) is 42.5 Å². The lowest BCUT2D eigenvalue weighted by atomic mass is 9.96. The maximum atomic E-state index is 11.9. The van der Waals surface area contributed by atoms with Gasteiger partial charge in [-0.3, -0.25) is 4.79 Å². The first-order chi connectivity index (χ1) is 10.3. The Bertz CT molecular complexity index is 576. The van der Waals surface area contributed by atoms with Gasteiger partial charge in [0, 0.05) is 12.2 Å². The highest BCUT2D eigenvalue weighted by Gasteiger charge is 2.16. The molecule has 1 aliphatic rings. The molecule has 1 saturated carbocycles. The van der Waals surface area contributed by atoms with Gasteiger partial charge in [-0.05, 0) is 25.0 Å². The number of anilines is 1. The topological polar surface area (TPSA) is 70.7 Å². The van der Waals surface area contributed by atoms with E-state index in [9.17, 15) is 4.79 Å². The number of hydrogen-bond donors (Lipinski definition) is 2. The third-order valence-electron chi connectivity index (χ3n) is 3.56. The molecular formula is C14H18N4OS2. The fraction of sp³-hybridized carbons (Fsp3) is 0.500. The van der Waals surface area contributed by atoms with Crippen LogP contribution in [0.15, 0.2) is 22.7 Å². The zero-order valence-corrected chi connectivity index (χ0v) is 13.3. The molecule has 0 unspecified atom stereocenters. The summed E-state index contributed by atoms with van der Waals surface area (Å²) in [7, 11) is 0. The van der Waals surface area contributed by atoms with E-state index in [1.165, 1.54) is 55.2 Å². The van der Waals surface area contributed by atoms with Crippen molar-refractivity contribution < 1.29 is 4.79 Å². The van der Waals surface area contributed by atoms with Gasteiger partial charge in [0.15, 0.2) is 10.1 Å². The highest BCUT2D eigenvalue weighted by molar-refractivity contribution is 8.01. The molecule has 0 radical (unpaired) electrons. The highest BCUT2D eigenvalue weighted by atomic mass is 32.2. The third-order valence-corrected chi connectivity index (χ3v) is 5.55. The Hall–Kier alpha value is -1.34. The second kappa shape index (κ2) is 7.09. The molecule has 0 atom stereocenters. The van der Waals surface area contributed by atoms with Gasteiger partial charge in [0.2, 0.25) is 5.13 Å². The number of Topliss-reactive ketones (excluding diaryl/α,β-unsaturated/α-hetero) is 1. The smallest absolute Gasteiger partial charge is 0.206 e. The minimum absolute atomic E-state index is 0.0852. The van der Waals surface area contributed by atoms with Crippen LogP contribution in [0.25, 0.3) is 0 Å². The molecule has 0 amide bonds. The van der Waals surface area contributed by atoms with E-state index in [2.05, 4.69) is 20.5 Å². The summed E-state index contributed by atoms with van der Waals surface area (Å²) in [4.78, 5) is 14.8. The number of H-pyrrole nitrogens is 1. The van der Waals surface area contributed by atoms with Crippen molar-refractivity contribution in [3.8, 4) is 0 Å². The Morgan fingerprint density at radius 1 is 1.38 bits per heavy atom. The summed E-state index contributed by atoms with van der Waals surface area (Å²) >= 11 is 2.98. The highest BCUT2D eigenvalue weighted by Crippen LogP contribution is 2.28. The molecule has 0 bridgehead atoms. The molecule has 0 aromatic carbocycles. The van der Waals surface area contributed by atoms with Crippen LogP contribution in [0.1, 0.15) is 42.6 Å². The summed E-state index contributed by atoms with van der Waals surface area (Å²) in [5.74, 6) is 0.473. The van der Waals surface area contributed by atoms with E-state index < -0.39 is 0 Å². The second-order valence-electron chi connectivity index (χ2n) is 5.15. The first-order valence-electron chi connectivity index (χ1n) is 7.21. The molecule has 0 saturated heterocycles. The number of carbonyl (C=O) groups is 1. The largest absolute Gasteiger partial charge is 0.359 e. The van der Waals surface area contributed by atoms with Gasteiger partial charge in [-0.2, -0.15) is 0 Å². The van der Waals surface area contributed by atoms with Crippen LogP contribution in [-0.2, 0) is 0 Å². The number of ketones is 1. The van der Waals surface area contributed by atoms with E-state index in [0.29, 0.717) is 17.5 Å². The van der Waals surface area contributed by atoms with Crippen LogP contribution < -0.4 is 5.32 Å². The van der Waals surface area contributed by atoms with Gasteiger partial charge in [0.25, 0.3) is 0 Å². The van der Waals surface area contributed by atoms with E-state index >= 15 is 0 Å². The molecule has 1 fully saturated rings. The van der Waals surface area contributed by atoms with Crippen molar-refractivity contribution in [1.82, 2.24) is 15.2 Å². The van der Waals surface area contributed by atoms with Crippen molar-refractivity contribution in [3.63, 3.8) is 0 Å². The predicted molar refractivity (Wildman–Crippen MR) is 86.3 cm³/mol. The molecular weight excluding hydrogens is 304 g/mol. The number of aromatic nitrogens is 3. The first kappa shape index (κ1) is 14.6. The number of aromatic amines is 1. The van der Waals surface area contributed by atoms with Crippen LogP contribution in [-0.4, -0.2) is 32.8 Å². The van der Waals surface area contributed by atoms with Crippen molar-refractivity contribution in [3.05, 3.63) is 24.0 Å². The molecule has 0 spiro atoms. The Morgan fingerprint density at radius 3 is 3.00 bits per heavy atom. The van der Waals surface area contributed by atoms with Crippen molar-refractivity contribution in [2.75, 3.05) is 11.1 Å². The van der Waals surface area contributed by atoms with E-state index in [-0.39, 0.29) is 5.78 Å². The van der Waals surface area contributed by atoms with Gasteiger partial charge < -0.3 is 10.3 Å². The van der Waals surface area contributed by atoms with Gasteiger partial charge in [0.1, 0.15) is 0 Å². The van der Waals surface area contributed by atoms with E-state index in [1.807, 2.05) is 6.07 Å². The summed E-state index contributed by atoms with van der Waals surface area (Å²) < 4.78 is 0.841. The number of carbonyl (C=O) groups excluding carboxylic acids is 1. The quantitative estimate of drug-likeness (QED) is 0.628. The molecule has 2 aromatic rings. The zero-order chi connectivity index (χ0) is 14.5. The Morgan fingerprint density at radius 2 is 2.24 bits per heavy atom. The van der Waals surface area contributed by atoms with E-state index in [4.69, 9.17) is 0 Å². The maximum Gasteiger partial charge on any atom is 0.206 e. The van der Waals surface area contributed by atoms with Crippen LogP contribution in [0.4, 0.5) is 5.13 Å². The summed E-state index contributed by atoms with van der Waals surface area (Å²) in [6, 6.07) is 4.15. The fourth-order valence-electron chi connectivity index (χ4n) is 2.46. The van der Waals surface area contributed by atoms with Gasteiger partial charge in [-0.25, -0.2) is 0 Å². The Kier molecular flexibility index (Phi) is 4.92. The molecule has 21 heavy (non-hydrogen) atoms. The lowest BCUT2D eigenvalue weighted by Crippen LogP contribution is -2.21. The number of thioether (sulfide) groups is 1. The average molecular weight is 322 g/mol. The SMILES string of the molecule is O=C(CSc1nnc(NC2CCCCC2)s1)c1ccc[nH]1. The number of rotatable bonds is 6. The molecule has 2 aromatic heterocycles. The van der Waals surface area contributed by atoms with E-state index in [1.54, 1.807) is 12.3 Å². The predicted octanol–water partition coefficient (Wildman–Crippen LogP) is 3.59. The minimum atomic E-state index is 0.0852. The van der Waals surface area contributed by atoms with Gasteiger partial charge >= 0.3 is 0 Å². The molecule has 2 N–H and O–H groups in total.